The van der Waals surface area contributed by atoms with E-state index >= 15 is 0 Å². The van der Waals surface area contributed by atoms with Crippen LogP contribution in [0.3, 0.4) is 0 Å². The van der Waals surface area contributed by atoms with Gasteiger partial charge in [-0.2, -0.15) is 12.6 Å². The third kappa shape index (κ3) is 19.8. The Hall–Kier alpha value is -5.55. The van der Waals surface area contributed by atoms with Crippen LogP contribution in [0.15, 0.2) is 70.9 Å². The molecule has 2 fully saturated rings. The van der Waals surface area contributed by atoms with Crippen LogP contribution in [-0.2, 0) is 44.7 Å². The molecule has 0 bridgehead atoms. The van der Waals surface area contributed by atoms with E-state index in [0.717, 1.165) is 41.2 Å². The number of nitrogens with two attached hydrogens (primary N) is 1. The van der Waals surface area contributed by atoms with E-state index in [4.69, 9.17) is 15.5 Å². The minimum Gasteiger partial charge on any atom is -0.455 e. The lowest BCUT2D eigenvalue weighted by Crippen LogP contribution is -2.59. The van der Waals surface area contributed by atoms with Gasteiger partial charge in [-0.05, 0) is 93.9 Å². The number of thiol groups is 1. The number of aromatic nitrogens is 1. The number of hydrogen-bond donors (Lipinski definition) is 5. The van der Waals surface area contributed by atoms with Crippen molar-refractivity contribution in [2.45, 2.75) is 152 Å². The molecule has 0 aliphatic carbocycles. The second-order valence-electron chi connectivity index (χ2n) is 21.7. The first-order chi connectivity index (χ1) is 38.8. The Balaban J connectivity index is 1.38. The minimum absolute atomic E-state index is 0.00252. The van der Waals surface area contributed by atoms with Gasteiger partial charge in [0.15, 0.2) is 6.10 Å². The summed E-state index contributed by atoms with van der Waals surface area (Å²) in [5.74, 6) is -2.70. The molecule has 2 aliphatic rings. The van der Waals surface area contributed by atoms with E-state index in [1.807, 2.05) is 100 Å². The normalized spacial score (nSPS) is 17.4. The molecular formula is C59H88N10O9S3. The topological polar surface area (TPSA) is 237 Å². The first kappa shape index (κ1) is 66.3. The Morgan fingerprint density at radius 2 is 1.49 bits per heavy atom. The van der Waals surface area contributed by atoms with Crippen LogP contribution in [0.4, 0.5) is 0 Å². The lowest BCUT2D eigenvalue weighted by Gasteiger charge is -2.38. The molecule has 19 nitrogen and oxygen atoms in total. The molecule has 1 aromatic heterocycles. The molecule has 0 spiro atoms. The van der Waals surface area contributed by atoms with Crippen LogP contribution in [0.25, 0.3) is 0 Å². The fourth-order valence-electron chi connectivity index (χ4n) is 10.3. The number of hydrogen-bond acceptors (Lipinski definition) is 15. The number of benzene rings is 2. The van der Waals surface area contributed by atoms with Crippen LogP contribution in [0.1, 0.15) is 126 Å². The number of thiazole rings is 1. The van der Waals surface area contributed by atoms with Crippen LogP contribution in [0.2, 0.25) is 0 Å². The highest BCUT2D eigenvalue weighted by molar-refractivity contribution is 7.99. The molecule has 5 rings (SSSR count). The molecule has 2 saturated heterocycles. The molecule has 3 aromatic rings. The van der Waals surface area contributed by atoms with Crippen molar-refractivity contribution in [3.05, 3.63) is 82.3 Å². The van der Waals surface area contributed by atoms with Gasteiger partial charge in [0.25, 0.3) is 5.91 Å². The number of esters is 1. The molecule has 0 unspecified atom stereocenters. The van der Waals surface area contributed by atoms with Crippen LogP contribution >= 0.6 is 35.7 Å². The monoisotopic (exact) mass is 1180 g/mol. The van der Waals surface area contributed by atoms with Gasteiger partial charge in [-0.3, -0.25) is 43.3 Å². The Bertz CT molecular complexity index is 2520. The summed E-state index contributed by atoms with van der Waals surface area (Å²) in [5, 5.41) is 10.9. The zero-order valence-corrected chi connectivity index (χ0v) is 51.2. The SMILES string of the molecule is CC[C@H](C)[C@H](NC(=O)[C@H]1CCCCN1C)C(=O)N(C)[C@H](C[C@@H](OC(C)=O)c1nc(C(=O)N(C)[C@@H](CSc2ccccc2)C(=O)N[C@H](CCCCN)C(=O)N[C@@H](Cc2ccccc2)C(=O)N2CCN(C(=O)CCCS)CC2)cs1)C(C)C. The third-order valence-corrected chi connectivity index (χ3v) is 17.8. The summed E-state index contributed by atoms with van der Waals surface area (Å²) in [7, 11) is 5.13. The number of ether oxygens (including phenoxy) is 1. The summed E-state index contributed by atoms with van der Waals surface area (Å²) >= 11 is 6.71. The maximum atomic E-state index is 14.8. The molecule has 2 aromatic carbocycles. The highest BCUT2D eigenvalue weighted by atomic mass is 32.2. The number of piperidine rings is 1. The van der Waals surface area contributed by atoms with E-state index in [0.29, 0.717) is 82.0 Å². The molecule has 0 radical (unpaired) electrons. The highest BCUT2D eigenvalue weighted by Crippen LogP contribution is 2.32. The van der Waals surface area contributed by atoms with E-state index in [1.165, 1.54) is 30.6 Å². The maximum absolute atomic E-state index is 14.8. The Kier molecular flexibility index (Phi) is 27.4. The van der Waals surface area contributed by atoms with Crippen molar-refractivity contribution in [3.63, 3.8) is 0 Å². The van der Waals surface area contributed by atoms with Crippen molar-refractivity contribution in [2.75, 3.05) is 71.9 Å². The minimum atomic E-state index is -1.14. The number of likely N-dealkylation sites (tertiary alicyclic amines) is 1. The van der Waals surface area contributed by atoms with Gasteiger partial charge in [0.05, 0.1) is 6.04 Å². The summed E-state index contributed by atoms with van der Waals surface area (Å²) in [6, 6.07) is 13.9. The number of nitrogens with zero attached hydrogens (tertiary/aromatic N) is 6. The lowest BCUT2D eigenvalue weighted by atomic mass is 9.92. The van der Waals surface area contributed by atoms with Crippen LogP contribution in [-0.4, -0.2) is 185 Å². The van der Waals surface area contributed by atoms with Gasteiger partial charge in [-0.25, -0.2) is 4.98 Å². The van der Waals surface area contributed by atoms with Crippen molar-refractivity contribution in [1.82, 2.24) is 45.4 Å². The number of nitrogens with one attached hydrogen (secondary N) is 3. The van der Waals surface area contributed by atoms with Crippen molar-refractivity contribution in [1.29, 1.82) is 0 Å². The van der Waals surface area contributed by atoms with E-state index in [9.17, 15) is 38.4 Å². The van der Waals surface area contributed by atoms with Crippen LogP contribution in [0, 0.1) is 11.8 Å². The molecule has 5 N–H and O–H groups in total. The van der Waals surface area contributed by atoms with Gasteiger partial charge in [0.1, 0.15) is 34.9 Å². The van der Waals surface area contributed by atoms with Crippen molar-refractivity contribution < 1.29 is 43.1 Å². The molecule has 81 heavy (non-hydrogen) atoms. The second-order valence-corrected chi connectivity index (χ2v) is 24.1. The number of piperazine rings is 1. The summed E-state index contributed by atoms with van der Waals surface area (Å²) in [4.78, 5) is 126. The van der Waals surface area contributed by atoms with E-state index in [1.54, 1.807) is 27.1 Å². The third-order valence-electron chi connectivity index (χ3n) is 15.5. The van der Waals surface area contributed by atoms with Gasteiger partial charge in [0.2, 0.25) is 35.4 Å². The quantitative estimate of drug-likeness (QED) is 0.0237. The molecule has 0 saturated carbocycles. The smallest absolute Gasteiger partial charge is 0.303 e. The van der Waals surface area contributed by atoms with E-state index < -0.39 is 60.0 Å². The fourth-order valence-corrected chi connectivity index (χ4v) is 12.3. The molecule has 7 amide bonds. The molecule has 2 aliphatic heterocycles. The second kappa shape index (κ2) is 33.5. The molecule has 22 heteroatoms. The summed E-state index contributed by atoms with van der Waals surface area (Å²) < 4.78 is 5.92. The Morgan fingerprint density at radius 1 is 0.840 bits per heavy atom. The number of rotatable bonds is 30. The first-order valence-corrected chi connectivity index (χ1v) is 31.1. The van der Waals surface area contributed by atoms with Gasteiger partial charge >= 0.3 is 5.97 Å². The van der Waals surface area contributed by atoms with Gasteiger partial charge in [-0.15, -0.1) is 23.1 Å². The average molecular weight is 1180 g/mol. The van der Waals surface area contributed by atoms with Gasteiger partial charge < -0.3 is 46.0 Å². The number of carbonyl (C=O) groups is 8. The molecular weight excluding hydrogens is 1090 g/mol. The van der Waals surface area contributed by atoms with Crippen LogP contribution in [0.5, 0.6) is 0 Å². The molecule has 446 valence electrons. The number of carbonyl (C=O) groups excluding carboxylic acids is 8. The average Bonchev–Trinajstić information content (AvgIpc) is 3.98. The number of thioether (sulfide) groups is 1. The van der Waals surface area contributed by atoms with Crippen molar-refractivity contribution in [2.24, 2.45) is 17.6 Å². The summed E-state index contributed by atoms with van der Waals surface area (Å²) in [5.41, 5.74) is 6.72. The number of likely N-dealkylation sites (N-methyl/N-ethyl adjacent to an activating group) is 3. The Morgan fingerprint density at radius 3 is 2.11 bits per heavy atom. The van der Waals surface area contributed by atoms with Gasteiger partial charge in [-0.1, -0.05) is 89.1 Å². The molecule has 3 heterocycles. The first-order valence-electron chi connectivity index (χ1n) is 28.6. The zero-order chi connectivity index (χ0) is 59.2. The highest BCUT2D eigenvalue weighted by Gasteiger charge is 2.39. The van der Waals surface area contributed by atoms with Gasteiger partial charge in [0, 0.05) is 88.5 Å². The predicted molar refractivity (Wildman–Crippen MR) is 320 cm³/mol. The largest absolute Gasteiger partial charge is 0.455 e. The van der Waals surface area contributed by atoms with Crippen molar-refractivity contribution >= 4 is 83.0 Å². The summed E-state index contributed by atoms with van der Waals surface area (Å²) in [6.07, 6.45) is 4.95. The molecule has 8 atom stereocenters. The number of amides is 7. The Labute approximate surface area is 493 Å². The maximum Gasteiger partial charge on any atom is 0.303 e. The summed E-state index contributed by atoms with van der Waals surface area (Å²) in [6.45, 7) is 11.6. The number of unbranched alkanes of at least 4 members (excludes halogenated alkanes) is 1. The lowest BCUT2D eigenvalue weighted by molar-refractivity contribution is -0.149. The van der Waals surface area contributed by atoms with Crippen molar-refractivity contribution in [3.8, 4) is 0 Å². The standard InChI is InChI=1S/C59H88N10O9S3/c1-9-40(4)52(64-54(73)47-26-17-19-29-65(47)6)59(77)66(7)48(39(2)3)36-50(78-41(5)70)56-63-46(37-81-56)57(75)67(8)49(38-80-43-23-14-11-15-24-43)55(74)61-44(25-16-18-28-60)53(72)62-45(35-42-21-12-10-13-22-42)58(76)69-32-30-68(31-33-69)51(71)27-20-34-79/h10-15,21-24,37,39-40,44-45,47-50,52,79H,9,16-20,25-36,38,60H2,1-8H3,(H,61,74)(H,62,72)(H,64,73)/t40-,44+,45-,47+,48+,49-,50+,52-/m0/s1. The van der Waals surface area contributed by atoms with E-state index in [2.05, 4.69) is 28.6 Å². The van der Waals surface area contributed by atoms with Crippen LogP contribution < -0.4 is 21.7 Å². The zero-order valence-electron chi connectivity index (χ0n) is 48.7. The fraction of sp³-hybridized carbons (Fsp3) is 0.610. The van der Waals surface area contributed by atoms with E-state index in [-0.39, 0.29) is 72.2 Å². The predicted octanol–water partition coefficient (Wildman–Crippen LogP) is 5.59.